The highest BCUT2D eigenvalue weighted by Crippen LogP contribution is 2.27. The minimum atomic E-state index is -0.881. The van der Waals surface area contributed by atoms with Gasteiger partial charge in [-0.1, -0.05) is 57.4 Å². The van der Waals surface area contributed by atoms with Gasteiger partial charge in [-0.2, -0.15) is 10.5 Å². The molecule has 1 aliphatic carbocycles. The molecule has 1 aliphatic rings. The highest BCUT2D eigenvalue weighted by molar-refractivity contribution is 5.98. The molecule has 1 aromatic rings. The average molecular weight is 379 g/mol. The van der Waals surface area contributed by atoms with Crippen molar-refractivity contribution in [2.24, 2.45) is 0 Å². The number of nitrogens with zero attached hydrogens (tertiary/aromatic N) is 2. The van der Waals surface area contributed by atoms with Crippen LogP contribution in [0.1, 0.15) is 63.0 Å². The molecule has 28 heavy (non-hydrogen) atoms. The summed E-state index contributed by atoms with van der Waals surface area (Å²) in [7, 11) is 0. The van der Waals surface area contributed by atoms with E-state index in [-0.39, 0.29) is 5.57 Å². The van der Waals surface area contributed by atoms with Crippen molar-refractivity contribution in [3.63, 3.8) is 0 Å². The van der Waals surface area contributed by atoms with Crippen LogP contribution in [0.2, 0.25) is 0 Å². The van der Waals surface area contributed by atoms with E-state index in [2.05, 4.69) is 25.2 Å². The third kappa shape index (κ3) is 5.69. The molecule has 2 rings (SSSR count). The van der Waals surface area contributed by atoms with E-state index < -0.39 is 24.0 Å². The van der Waals surface area contributed by atoms with Gasteiger partial charge in [0.2, 0.25) is 0 Å². The standard InChI is InChI=1S/C22H25N3O3/c1-16(2)18-8-6-17(7-9-18)12-19(13-23)21(27)28-14-20(26)25-22(15-24)10-4-3-5-11-22/h6-9,12,16H,3-5,10-11,14H2,1-2H3,(H,25,26)/b19-12+. The Morgan fingerprint density at radius 1 is 1.18 bits per heavy atom. The normalized spacial score (nSPS) is 16.0. The van der Waals surface area contributed by atoms with Gasteiger partial charge in [0.1, 0.15) is 17.2 Å². The van der Waals surface area contributed by atoms with Gasteiger partial charge in [0.25, 0.3) is 5.91 Å². The molecule has 1 amide bonds. The molecule has 6 nitrogen and oxygen atoms in total. The van der Waals surface area contributed by atoms with Crippen molar-refractivity contribution < 1.29 is 14.3 Å². The lowest BCUT2D eigenvalue weighted by molar-refractivity contribution is -0.144. The van der Waals surface area contributed by atoms with Crippen LogP contribution in [0.3, 0.4) is 0 Å². The molecule has 0 radical (unpaired) electrons. The van der Waals surface area contributed by atoms with Gasteiger partial charge in [-0.3, -0.25) is 4.79 Å². The molecular formula is C22H25N3O3. The Balaban J connectivity index is 1.95. The summed E-state index contributed by atoms with van der Waals surface area (Å²) in [6, 6.07) is 11.5. The lowest BCUT2D eigenvalue weighted by Gasteiger charge is -2.31. The first-order valence-corrected chi connectivity index (χ1v) is 9.50. The van der Waals surface area contributed by atoms with Crippen molar-refractivity contribution in [3.8, 4) is 12.1 Å². The third-order valence-electron chi connectivity index (χ3n) is 4.89. The fourth-order valence-corrected chi connectivity index (χ4v) is 3.21. The summed E-state index contributed by atoms with van der Waals surface area (Å²) in [4.78, 5) is 24.3. The van der Waals surface area contributed by atoms with E-state index >= 15 is 0 Å². The topological polar surface area (TPSA) is 103 Å². The number of carbonyl (C=O) groups excluding carboxylic acids is 2. The third-order valence-corrected chi connectivity index (χ3v) is 4.89. The second-order valence-electron chi connectivity index (χ2n) is 7.37. The number of carbonyl (C=O) groups is 2. The van der Waals surface area contributed by atoms with Gasteiger partial charge in [-0.25, -0.2) is 4.79 Å². The highest BCUT2D eigenvalue weighted by atomic mass is 16.5. The van der Waals surface area contributed by atoms with Crippen LogP contribution in [0.4, 0.5) is 0 Å². The van der Waals surface area contributed by atoms with Crippen LogP contribution in [0, 0.1) is 22.7 Å². The van der Waals surface area contributed by atoms with Gasteiger partial charge in [0.15, 0.2) is 6.61 Å². The maximum absolute atomic E-state index is 12.1. The van der Waals surface area contributed by atoms with Gasteiger partial charge in [0, 0.05) is 0 Å². The van der Waals surface area contributed by atoms with E-state index in [0.717, 1.165) is 24.8 Å². The minimum absolute atomic E-state index is 0.183. The molecule has 0 atom stereocenters. The van der Waals surface area contributed by atoms with Crippen molar-refractivity contribution in [2.45, 2.75) is 57.4 Å². The number of hydrogen-bond donors (Lipinski definition) is 1. The Bertz CT molecular complexity index is 820. The van der Waals surface area contributed by atoms with Crippen LogP contribution < -0.4 is 5.32 Å². The summed E-state index contributed by atoms with van der Waals surface area (Å²) < 4.78 is 4.97. The van der Waals surface area contributed by atoms with Crippen molar-refractivity contribution in [1.82, 2.24) is 5.32 Å². The number of hydrogen-bond acceptors (Lipinski definition) is 5. The summed E-state index contributed by atoms with van der Waals surface area (Å²) in [6.45, 7) is 3.64. The molecule has 1 saturated carbocycles. The van der Waals surface area contributed by atoms with Crippen LogP contribution in [-0.4, -0.2) is 24.0 Å². The number of esters is 1. The molecule has 146 valence electrons. The summed E-state index contributed by atoms with van der Waals surface area (Å²) in [5, 5.41) is 21.3. The van der Waals surface area contributed by atoms with Crippen molar-refractivity contribution >= 4 is 18.0 Å². The number of amides is 1. The molecule has 0 bridgehead atoms. The maximum Gasteiger partial charge on any atom is 0.349 e. The number of benzene rings is 1. The number of nitriles is 2. The van der Waals surface area contributed by atoms with Gasteiger partial charge in [0.05, 0.1) is 6.07 Å². The van der Waals surface area contributed by atoms with Gasteiger partial charge < -0.3 is 10.1 Å². The van der Waals surface area contributed by atoms with E-state index in [1.54, 1.807) is 0 Å². The van der Waals surface area contributed by atoms with Crippen LogP contribution in [-0.2, 0) is 14.3 Å². The zero-order valence-corrected chi connectivity index (χ0v) is 16.3. The molecular weight excluding hydrogens is 354 g/mol. The van der Waals surface area contributed by atoms with Gasteiger partial charge in [-0.05, 0) is 36.0 Å². The van der Waals surface area contributed by atoms with E-state index in [9.17, 15) is 20.1 Å². The molecule has 0 saturated heterocycles. The van der Waals surface area contributed by atoms with E-state index in [1.165, 1.54) is 6.08 Å². The molecule has 0 aliphatic heterocycles. The number of rotatable bonds is 6. The van der Waals surface area contributed by atoms with Gasteiger partial charge in [-0.15, -0.1) is 0 Å². The monoisotopic (exact) mass is 379 g/mol. The van der Waals surface area contributed by atoms with Gasteiger partial charge >= 0.3 is 5.97 Å². The maximum atomic E-state index is 12.1. The van der Waals surface area contributed by atoms with Crippen molar-refractivity contribution in [1.29, 1.82) is 10.5 Å². The van der Waals surface area contributed by atoms with E-state index in [0.29, 0.717) is 24.3 Å². The molecule has 0 spiro atoms. The summed E-state index contributed by atoms with van der Waals surface area (Å²) in [5.41, 5.74) is 0.795. The number of ether oxygens (including phenoxy) is 1. The molecule has 1 N–H and O–H groups in total. The number of nitrogens with one attached hydrogen (secondary N) is 1. The predicted molar refractivity (Wildman–Crippen MR) is 105 cm³/mol. The molecule has 0 aromatic heterocycles. The second kappa shape index (κ2) is 9.71. The Kier molecular flexibility index (Phi) is 7.35. The van der Waals surface area contributed by atoms with Crippen molar-refractivity contribution in [3.05, 3.63) is 41.0 Å². The first-order chi connectivity index (χ1) is 13.4. The molecule has 0 heterocycles. The molecule has 1 aromatic carbocycles. The molecule has 6 heteroatoms. The van der Waals surface area contributed by atoms with Crippen LogP contribution >= 0.6 is 0 Å². The highest BCUT2D eigenvalue weighted by Gasteiger charge is 2.33. The van der Waals surface area contributed by atoms with Crippen molar-refractivity contribution in [2.75, 3.05) is 6.61 Å². The smallest absolute Gasteiger partial charge is 0.349 e. The quantitative estimate of drug-likeness (QED) is 0.462. The Morgan fingerprint density at radius 3 is 2.36 bits per heavy atom. The summed E-state index contributed by atoms with van der Waals surface area (Å²) in [6.07, 6.45) is 5.43. The SMILES string of the molecule is CC(C)c1ccc(/C=C(\C#N)C(=O)OCC(=O)NC2(C#N)CCCCC2)cc1. The Labute approximate surface area is 165 Å². The Hall–Kier alpha value is -3.12. The second-order valence-corrected chi connectivity index (χ2v) is 7.37. The first kappa shape index (κ1) is 21.2. The van der Waals surface area contributed by atoms with Crippen LogP contribution in [0.15, 0.2) is 29.8 Å². The lowest BCUT2D eigenvalue weighted by atomic mass is 9.83. The first-order valence-electron chi connectivity index (χ1n) is 9.50. The fourth-order valence-electron chi connectivity index (χ4n) is 3.21. The summed E-state index contributed by atoms with van der Waals surface area (Å²) in [5.74, 6) is -1.01. The zero-order chi connectivity index (χ0) is 20.6. The predicted octanol–water partition coefficient (Wildman–Crippen LogP) is 3.60. The Morgan fingerprint density at radius 2 is 1.82 bits per heavy atom. The van der Waals surface area contributed by atoms with Crippen LogP contribution in [0.25, 0.3) is 6.08 Å². The van der Waals surface area contributed by atoms with E-state index in [1.807, 2.05) is 30.3 Å². The molecule has 0 unspecified atom stereocenters. The molecule has 1 fully saturated rings. The largest absolute Gasteiger partial charge is 0.451 e. The van der Waals surface area contributed by atoms with E-state index in [4.69, 9.17) is 4.74 Å². The summed E-state index contributed by atoms with van der Waals surface area (Å²) >= 11 is 0. The zero-order valence-electron chi connectivity index (χ0n) is 16.3. The fraction of sp³-hybridized carbons (Fsp3) is 0.455. The lowest BCUT2D eigenvalue weighted by Crippen LogP contribution is -2.50. The minimum Gasteiger partial charge on any atom is -0.451 e. The van der Waals surface area contributed by atoms with Crippen LogP contribution in [0.5, 0.6) is 0 Å². The average Bonchev–Trinajstić information content (AvgIpc) is 2.71.